The maximum Gasteiger partial charge on any atom is 0.0960 e. The Hall–Kier alpha value is -0.760. The molecule has 0 bridgehead atoms. The zero-order valence-corrected chi connectivity index (χ0v) is 8.86. The van der Waals surface area contributed by atoms with E-state index in [2.05, 4.69) is 13.8 Å². The van der Waals surface area contributed by atoms with E-state index >= 15 is 0 Å². The zero-order chi connectivity index (χ0) is 10.2. The predicted molar refractivity (Wildman–Crippen MR) is 54.8 cm³/mol. The molecule has 1 aliphatic rings. The van der Waals surface area contributed by atoms with Crippen LogP contribution < -0.4 is 0 Å². The van der Waals surface area contributed by atoms with Gasteiger partial charge in [-0.3, -0.25) is 0 Å². The van der Waals surface area contributed by atoms with E-state index in [-0.39, 0.29) is 5.41 Å². The van der Waals surface area contributed by atoms with Crippen molar-refractivity contribution in [2.45, 2.75) is 39.2 Å². The van der Waals surface area contributed by atoms with Gasteiger partial charge in [-0.1, -0.05) is 20.3 Å². The van der Waals surface area contributed by atoms with E-state index in [4.69, 9.17) is 4.42 Å². The fourth-order valence-corrected chi connectivity index (χ4v) is 2.24. The summed E-state index contributed by atoms with van der Waals surface area (Å²) in [6, 6.07) is 1.85. The van der Waals surface area contributed by atoms with Gasteiger partial charge in [-0.2, -0.15) is 0 Å². The molecule has 1 heterocycles. The van der Waals surface area contributed by atoms with Gasteiger partial charge in [-0.05, 0) is 30.2 Å². The molecule has 14 heavy (non-hydrogen) atoms. The molecular formula is C12H18O2. The van der Waals surface area contributed by atoms with E-state index in [0.717, 1.165) is 5.56 Å². The van der Waals surface area contributed by atoms with E-state index < -0.39 is 6.10 Å². The van der Waals surface area contributed by atoms with Crippen molar-refractivity contribution in [3.8, 4) is 0 Å². The van der Waals surface area contributed by atoms with Crippen LogP contribution in [0.4, 0.5) is 0 Å². The van der Waals surface area contributed by atoms with Gasteiger partial charge in [0.2, 0.25) is 0 Å². The number of hydrogen-bond donors (Lipinski definition) is 1. The summed E-state index contributed by atoms with van der Waals surface area (Å²) in [4.78, 5) is 0. The smallest absolute Gasteiger partial charge is 0.0960 e. The van der Waals surface area contributed by atoms with Crippen molar-refractivity contribution in [1.82, 2.24) is 0 Å². The minimum atomic E-state index is -0.397. The van der Waals surface area contributed by atoms with Gasteiger partial charge in [0.05, 0.1) is 18.6 Å². The number of hydrogen-bond acceptors (Lipinski definition) is 2. The number of furan rings is 1. The van der Waals surface area contributed by atoms with Crippen LogP contribution >= 0.6 is 0 Å². The van der Waals surface area contributed by atoms with Crippen molar-refractivity contribution < 1.29 is 9.52 Å². The molecule has 1 unspecified atom stereocenters. The van der Waals surface area contributed by atoms with E-state index in [1.54, 1.807) is 12.5 Å². The molecule has 2 heteroatoms. The van der Waals surface area contributed by atoms with Crippen LogP contribution in [0.1, 0.15) is 44.8 Å². The Morgan fingerprint density at radius 2 is 2.21 bits per heavy atom. The predicted octanol–water partition coefficient (Wildman–Crippen LogP) is 3.14. The summed E-state index contributed by atoms with van der Waals surface area (Å²) < 4.78 is 5.00. The highest BCUT2D eigenvalue weighted by molar-refractivity contribution is 5.13. The van der Waals surface area contributed by atoms with E-state index in [9.17, 15) is 5.11 Å². The molecule has 2 nitrogen and oxygen atoms in total. The molecule has 1 aliphatic carbocycles. The molecule has 0 aliphatic heterocycles. The van der Waals surface area contributed by atoms with Crippen LogP contribution in [0.2, 0.25) is 0 Å². The zero-order valence-electron chi connectivity index (χ0n) is 8.86. The molecule has 1 saturated carbocycles. The molecule has 0 saturated heterocycles. The first-order valence-corrected chi connectivity index (χ1v) is 5.32. The fourth-order valence-electron chi connectivity index (χ4n) is 2.24. The molecule has 1 fully saturated rings. The molecule has 1 aromatic rings. The van der Waals surface area contributed by atoms with E-state index in [0.29, 0.717) is 5.92 Å². The molecule has 1 atom stereocenters. The third-order valence-corrected chi connectivity index (χ3v) is 3.72. The summed E-state index contributed by atoms with van der Waals surface area (Å²) >= 11 is 0. The average molecular weight is 194 g/mol. The lowest BCUT2D eigenvalue weighted by molar-refractivity contribution is -0.0245. The van der Waals surface area contributed by atoms with Crippen LogP contribution in [0, 0.1) is 11.3 Å². The van der Waals surface area contributed by atoms with Gasteiger partial charge in [0.25, 0.3) is 0 Å². The second-order valence-corrected chi connectivity index (χ2v) is 4.91. The van der Waals surface area contributed by atoms with Crippen molar-refractivity contribution in [2.24, 2.45) is 11.3 Å². The quantitative estimate of drug-likeness (QED) is 0.802. The summed E-state index contributed by atoms with van der Waals surface area (Å²) in [6.45, 7) is 4.29. The van der Waals surface area contributed by atoms with Gasteiger partial charge < -0.3 is 9.52 Å². The molecule has 0 amide bonds. The Balaban J connectivity index is 2.12. The second-order valence-electron chi connectivity index (χ2n) is 4.91. The second kappa shape index (κ2) is 3.43. The van der Waals surface area contributed by atoms with Crippen molar-refractivity contribution in [2.75, 3.05) is 0 Å². The van der Waals surface area contributed by atoms with Crippen LogP contribution in [0.25, 0.3) is 0 Å². The SMILES string of the molecule is CC(C)(C1CCC1)C(O)c1ccoc1. The lowest BCUT2D eigenvalue weighted by atomic mass is 9.64. The van der Waals surface area contributed by atoms with Gasteiger partial charge in [0, 0.05) is 5.56 Å². The van der Waals surface area contributed by atoms with Crippen LogP contribution in [0.5, 0.6) is 0 Å². The Labute approximate surface area is 84.9 Å². The fraction of sp³-hybridized carbons (Fsp3) is 0.667. The normalized spacial score (nSPS) is 20.5. The van der Waals surface area contributed by atoms with Gasteiger partial charge in [-0.15, -0.1) is 0 Å². The summed E-state index contributed by atoms with van der Waals surface area (Å²) in [5, 5.41) is 10.2. The number of rotatable bonds is 3. The highest BCUT2D eigenvalue weighted by Gasteiger charge is 2.40. The Bertz CT molecular complexity index is 283. The van der Waals surface area contributed by atoms with Crippen molar-refractivity contribution in [3.63, 3.8) is 0 Å². The molecule has 1 N–H and O–H groups in total. The standard InChI is InChI=1S/C12H18O2/c1-12(2,10-4-3-5-10)11(13)9-6-7-14-8-9/h6-8,10-11,13H,3-5H2,1-2H3. The van der Waals surface area contributed by atoms with Crippen LogP contribution in [-0.4, -0.2) is 5.11 Å². The monoisotopic (exact) mass is 194 g/mol. The van der Waals surface area contributed by atoms with Crippen molar-refractivity contribution >= 4 is 0 Å². The lowest BCUT2D eigenvalue weighted by Gasteiger charge is -2.43. The largest absolute Gasteiger partial charge is 0.472 e. The third-order valence-electron chi connectivity index (χ3n) is 3.72. The minimum Gasteiger partial charge on any atom is -0.472 e. The maximum atomic E-state index is 10.2. The highest BCUT2D eigenvalue weighted by atomic mass is 16.3. The van der Waals surface area contributed by atoms with Gasteiger partial charge >= 0.3 is 0 Å². The molecule has 2 rings (SSSR count). The molecule has 0 radical (unpaired) electrons. The summed E-state index contributed by atoms with van der Waals surface area (Å²) in [5.41, 5.74) is 0.879. The number of aliphatic hydroxyl groups is 1. The van der Waals surface area contributed by atoms with E-state index in [1.807, 2.05) is 6.07 Å². The summed E-state index contributed by atoms with van der Waals surface area (Å²) in [5.74, 6) is 0.660. The minimum absolute atomic E-state index is 0.0257. The van der Waals surface area contributed by atoms with Crippen LogP contribution in [0.15, 0.2) is 23.0 Å². The molecule has 0 spiro atoms. The van der Waals surface area contributed by atoms with Gasteiger partial charge in [0.15, 0.2) is 0 Å². The topological polar surface area (TPSA) is 33.4 Å². The maximum absolute atomic E-state index is 10.2. The average Bonchev–Trinajstić information content (AvgIpc) is 2.49. The molecule has 1 aromatic heterocycles. The van der Waals surface area contributed by atoms with E-state index in [1.165, 1.54) is 19.3 Å². The Kier molecular flexibility index (Phi) is 2.40. The number of aliphatic hydroxyl groups excluding tert-OH is 1. The van der Waals surface area contributed by atoms with Crippen LogP contribution in [-0.2, 0) is 0 Å². The molecular weight excluding hydrogens is 176 g/mol. The van der Waals surface area contributed by atoms with Gasteiger partial charge in [0.1, 0.15) is 0 Å². The molecule has 0 aromatic carbocycles. The Morgan fingerprint density at radius 1 is 1.50 bits per heavy atom. The first kappa shape index (κ1) is 9.78. The first-order valence-electron chi connectivity index (χ1n) is 5.32. The van der Waals surface area contributed by atoms with Crippen LogP contribution in [0.3, 0.4) is 0 Å². The Morgan fingerprint density at radius 3 is 2.64 bits per heavy atom. The lowest BCUT2D eigenvalue weighted by Crippen LogP contribution is -2.35. The summed E-state index contributed by atoms with van der Waals surface area (Å²) in [7, 11) is 0. The highest BCUT2D eigenvalue weighted by Crippen LogP contribution is 2.48. The molecule has 78 valence electrons. The first-order chi connectivity index (χ1) is 6.62. The summed E-state index contributed by atoms with van der Waals surface area (Å²) in [6.07, 6.45) is 6.68. The van der Waals surface area contributed by atoms with Crippen molar-refractivity contribution in [1.29, 1.82) is 0 Å². The van der Waals surface area contributed by atoms with Gasteiger partial charge in [-0.25, -0.2) is 0 Å². The van der Waals surface area contributed by atoms with Crippen molar-refractivity contribution in [3.05, 3.63) is 24.2 Å². The third kappa shape index (κ3) is 1.48.